The molecule has 0 aromatic heterocycles. The highest BCUT2D eigenvalue weighted by Gasteiger charge is 2.24. The van der Waals surface area contributed by atoms with Crippen molar-refractivity contribution in [2.24, 2.45) is 11.8 Å². The zero-order valence-electron chi connectivity index (χ0n) is 13.5. The van der Waals surface area contributed by atoms with E-state index in [4.69, 9.17) is 9.84 Å². The number of ether oxygens (including phenoxy) is 1. The number of aliphatic carboxylic acids is 1. The minimum absolute atomic E-state index is 0.219. The molecule has 0 aromatic carbocycles. The molecule has 2 aliphatic rings. The highest BCUT2D eigenvalue weighted by atomic mass is 16.5. The number of piperidine rings is 1. The molecule has 0 aromatic rings. The molecular weight excluding hydrogens is 282 g/mol. The van der Waals surface area contributed by atoms with Crippen LogP contribution in [0.25, 0.3) is 0 Å². The molecule has 0 spiro atoms. The largest absolute Gasteiger partial charge is 0.481 e. The predicted octanol–water partition coefficient (Wildman–Crippen LogP) is 2.69. The lowest BCUT2D eigenvalue weighted by molar-refractivity contribution is -0.137. The maximum Gasteiger partial charge on any atom is 0.303 e. The Hall–Kier alpha value is -1.10. The van der Waals surface area contributed by atoms with Gasteiger partial charge in [0, 0.05) is 39.1 Å². The van der Waals surface area contributed by atoms with Crippen LogP contribution in [0.1, 0.15) is 57.8 Å². The first kappa shape index (κ1) is 17.3. The third-order valence-corrected chi connectivity index (χ3v) is 4.98. The van der Waals surface area contributed by atoms with Crippen molar-refractivity contribution in [2.45, 2.75) is 57.8 Å². The van der Waals surface area contributed by atoms with E-state index in [-0.39, 0.29) is 12.3 Å². The molecule has 2 fully saturated rings. The summed E-state index contributed by atoms with van der Waals surface area (Å²) in [6, 6.07) is 0. The van der Waals surface area contributed by atoms with Crippen molar-refractivity contribution in [1.82, 2.24) is 4.90 Å². The molecule has 2 rings (SSSR count). The van der Waals surface area contributed by atoms with Gasteiger partial charge in [-0.05, 0) is 56.8 Å². The molecule has 1 N–H and O–H groups in total. The fourth-order valence-corrected chi connectivity index (χ4v) is 3.59. The van der Waals surface area contributed by atoms with Crippen LogP contribution in [0.3, 0.4) is 0 Å². The van der Waals surface area contributed by atoms with Crippen LogP contribution in [-0.4, -0.2) is 48.2 Å². The molecule has 2 heterocycles. The fraction of sp³-hybridized carbons (Fsp3) is 0.882. The lowest BCUT2D eigenvalue weighted by Gasteiger charge is -2.33. The quantitative estimate of drug-likeness (QED) is 0.785. The first-order chi connectivity index (χ1) is 10.6. The van der Waals surface area contributed by atoms with Crippen LogP contribution in [0.5, 0.6) is 0 Å². The van der Waals surface area contributed by atoms with Gasteiger partial charge in [0.2, 0.25) is 5.91 Å². The molecule has 1 amide bonds. The van der Waals surface area contributed by atoms with Gasteiger partial charge < -0.3 is 14.7 Å². The summed E-state index contributed by atoms with van der Waals surface area (Å²) >= 11 is 0. The molecule has 0 aliphatic carbocycles. The average Bonchev–Trinajstić information content (AvgIpc) is 2.54. The minimum Gasteiger partial charge on any atom is -0.481 e. The van der Waals surface area contributed by atoms with Gasteiger partial charge in [-0.2, -0.15) is 0 Å². The van der Waals surface area contributed by atoms with Gasteiger partial charge in [0.25, 0.3) is 0 Å². The normalized spacial score (nSPS) is 23.5. The predicted molar refractivity (Wildman–Crippen MR) is 83.6 cm³/mol. The van der Waals surface area contributed by atoms with Crippen LogP contribution in [0.2, 0.25) is 0 Å². The second kappa shape index (κ2) is 9.13. The second-order valence-electron chi connectivity index (χ2n) is 6.73. The molecular formula is C17H29NO4. The number of carboxylic acids is 1. The van der Waals surface area contributed by atoms with Crippen LogP contribution in [0, 0.1) is 11.8 Å². The summed E-state index contributed by atoms with van der Waals surface area (Å²) in [5.74, 6) is 0.613. The summed E-state index contributed by atoms with van der Waals surface area (Å²) in [6.07, 6.45) is 7.99. The Kier molecular flexibility index (Phi) is 7.16. The van der Waals surface area contributed by atoms with E-state index in [0.717, 1.165) is 70.7 Å². The number of carbonyl (C=O) groups is 2. The van der Waals surface area contributed by atoms with Gasteiger partial charge in [0.05, 0.1) is 0 Å². The Bertz CT molecular complexity index is 366. The van der Waals surface area contributed by atoms with E-state index in [1.54, 1.807) is 0 Å². The van der Waals surface area contributed by atoms with Gasteiger partial charge >= 0.3 is 5.97 Å². The lowest BCUT2D eigenvalue weighted by Crippen LogP contribution is -2.40. The summed E-state index contributed by atoms with van der Waals surface area (Å²) in [4.78, 5) is 24.9. The van der Waals surface area contributed by atoms with Crippen LogP contribution in [0.15, 0.2) is 0 Å². The minimum atomic E-state index is -0.736. The monoisotopic (exact) mass is 311 g/mol. The SMILES string of the molecule is O=C(O)CCC1CCCN(C(=O)CCCC2CCOCC2)C1. The Balaban J connectivity index is 1.64. The molecule has 126 valence electrons. The van der Waals surface area contributed by atoms with Gasteiger partial charge in [-0.1, -0.05) is 0 Å². The number of amides is 1. The van der Waals surface area contributed by atoms with Crippen molar-refractivity contribution in [3.8, 4) is 0 Å². The smallest absolute Gasteiger partial charge is 0.303 e. The summed E-state index contributed by atoms with van der Waals surface area (Å²) < 4.78 is 5.36. The molecule has 0 saturated carbocycles. The fourth-order valence-electron chi connectivity index (χ4n) is 3.59. The number of likely N-dealkylation sites (tertiary alicyclic amines) is 1. The molecule has 1 atom stereocenters. The van der Waals surface area contributed by atoms with Crippen LogP contribution in [0.4, 0.5) is 0 Å². The molecule has 1 unspecified atom stereocenters. The summed E-state index contributed by atoms with van der Waals surface area (Å²) in [7, 11) is 0. The molecule has 2 saturated heterocycles. The number of carbonyl (C=O) groups excluding carboxylic acids is 1. The van der Waals surface area contributed by atoms with Crippen molar-refractivity contribution < 1.29 is 19.4 Å². The molecule has 22 heavy (non-hydrogen) atoms. The molecule has 0 bridgehead atoms. The molecule has 0 radical (unpaired) electrons. The zero-order valence-corrected chi connectivity index (χ0v) is 13.5. The molecule has 5 heteroatoms. The van der Waals surface area contributed by atoms with E-state index in [9.17, 15) is 9.59 Å². The Labute approximate surface area is 133 Å². The van der Waals surface area contributed by atoms with Gasteiger partial charge in [0.15, 0.2) is 0 Å². The number of rotatable bonds is 7. The van der Waals surface area contributed by atoms with E-state index < -0.39 is 5.97 Å². The summed E-state index contributed by atoms with van der Waals surface area (Å²) in [5.41, 5.74) is 0. The lowest BCUT2D eigenvalue weighted by atomic mass is 9.92. The highest BCUT2D eigenvalue weighted by molar-refractivity contribution is 5.76. The van der Waals surface area contributed by atoms with Crippen LogP contribution in [-0.2, 0) is 14.3 Å². The standard InChI is InChI=1S/C17H29NO4/c19-16(5-1-3-14-8-11-22-12-9-14)18-10-2-4-15(13-18)6-7-17(20)21/h14-15H,1-13H2,(H,20,21). The number of carboxylic acid groups (broad SMARTS) is 1. The Morgan fingerprint density at radius 3 is 2.55 bits per heavy atom. The van der Waals surface area contributed by atoms with Crippen molar-refractivity contribution in [3.05, 3.63) is 0 Å². The van der Waals surface area contributed by atoms with Gasteiger partial charge in [-0.15, -0.1) is 0 Å². The van der Waals surface area contributed by atoms with Crippen molar-refractivity contribution in [2.75, 3.05) is 26.3 Å². The highest BCUT2D eigenvalue weighted by Crippen LogP contribution is 2.24. The van der Waals surface area contributed by atoms with E-state index >= 15 is 0 Å². The van der Waals surface area contributed by atoms with Gasteiger partial charge in [-0.25, -0.2) is 0 Å². The maximum atomic E-state index is 12.3. The summed E-state index contributed by atoms with van der Waals surface area (Å²) in [6.45, 7) is 3.34. The van der Waals surface area contributed by atoms with Gasteiger partial charge in [-0.3, -0.25) is 9.59 Å². The van der Waals surface area contributed by atoms with E-state index in [1.807, 2.05) is 4.90 Å². The van der Waals surface area contributed by atoms with E-state index in [2.05, 4.69) is 0 Å². The Morgan fingerprint density at radius 1 is 1.05 bits per heavy atom. The average molecular weight is 311 g/mol. The van der Waals surface area contributed by atoms with Crippen LogP contribution < -0.4 is 0 Å². The van der Waals surface area contributed by atoms with E-state index in [1.165, 1.54) is 0 Å². The summed E-state index contributed by atoms with van der Waals surface area (Å²) in [5, 5.41) is 8.77. The third kappa shape index (κ3) is 5.95. The van der Waals surface area contributed by atoms with Crippen LogP contribution >= 0.6 is 0 Å². The zero-order chi connectivity index (χ0) is 15.8. The first-order valence-corrected chi connectivity index (χ1v) is 8.72. The molecule has 5 nitrogen and oxygen atoms in total. The second-order valence-corrected chi connectivity index (χ2v) is 6.73. The number of hydrogen-bond acceptors (Lipinski definition) is 3. The Morgan fingerprint density at radius 2 is 1.82 bits per heavy atom. The molecule has 2 aliphatic heterocycles. The van der Waals surface area contributed by atoms with E-state index in [0.29, 0.717) is 18.8 Å². The topological polar surface area (TPSA) is 66.8 Å². The van der Waals surface area contributed by atoms with Crippen molar-refractivity contribution in [3.63, 3.8) is 0 Å². The number of nitrogens with zero attached hydrogens (tertiary/aromatic N) is 1. The van der Waals surface area contributed by atoms with Crippen molar-refractivity contribution >= 4 is 11.9 Å². The number of hydrogen-bond donors (Lipinski definition) is 1. The maximum absolute atomic E-state index is 12.3. The third-order valence-electron chi connectivity index (χ3n) is 4.98. The first-order valence-electron chi connectivity index (χ1n) is 8.72. The van der Waals surface area contributed by atoms with Crippen molar-refractivity contribution in [1.29, 1.82) is 0 Å². The van der Waals surface area contributed by atoms with Gasteiger partial charge in [0.1, 0.15) is 0 Å².